The summed E-state index contributed by atoms with van der Waals surface area (Å²) in [5, 5.41) is 2.70. The van der Waals surface area contributed by atoms with Gasteiger partial charge in [-0.15, -0.1) is 11.8 Å². The minimum Gasteiger partial charge on any atom is -0.465 e. The highest BCUT2D eigenvalue weighted by Crippen LogP contribution is 2.30. The molecule has 1 N–H and O–H groups in total. The Balaban J connectivity index is 1.88. The molecular formula is C18H18BrNO3S. The van der Waals surface area contributed by atoms with Crippen molar-refractivity contribution in [2.45, 2.75) is 23.6 Å². The van der Waals surface area contributed by atoms with E-state index >= 15 is 0 Å². The van der Waals surface area contributed by atoms with Gasteiger partial charge in [-0.25, -0.2) is 4.79 Å². The van der Waals surface area contributed by atoms with Crippen molar-refractivity contribution in [3.8, 4) is 0 Å². The second kappa shape index (κ2) is 8.89. The third-order valence-corrected chi connectivity index (χ3v) is 5.48. The maximum absolute atomic E-state index is 12.2. The first kappa shape index (κ1) is 18.5. The average molecular weight is 408 g/mol. The summed E-state index contributed by atoms with van der Waals surface area (Å²) < 4.78 is 5.64. The molecule has 0 bridgehead atoms. The summed E-state index contributed by atoms with van der Waals surface area (Å²) in [6.45, 7) is 2.29. The molecule has 4 nitrogen and oxygen atoms in total. The number of esters is 1. The molecule has 0 spiro atoms. The number of amides is 1. The first-order valence-electron chi connectivity index (χ1n) is 7.37. The van der Waals surface area contributed by atoms with Crippen LogP contribution in [0.15, 0.2) is 57.9 Å². The number of hydrogen-bond acceptors (Lipinski definition) is 4. The van der Waals surface area contributed by atoms with Gasteiger partial charge in [0.05, 0.1) is 17.9 Å². The van der Waals surface area contributed by atoms with Gasteiger partial charge in [0.1, 0.15) is 0 Å². The van der Waals surface area contributed by atoms with Gasteiger partial charge in [0.2, 0.25) is 5.91 Å². The summed E-state index contributed by atoms with van der Waals surface area (Å²) in [5.74, 6) is -0.406. The van der Waals surface area contributed by atoms with Crippen molar-refractivity contribution in [1.29, 1.82) is 0 Å². The molecule has 0 aliphatic heterocycles. The lowest BCUT2D eigenvalue weighted by Crippen LogP contribution is -2.30. The molecule has 0 aliphatic carbocycles. The van der Waals surface area contributed by atoms with Crippen molar-refractivity contribution in [3.63, 3.8) is 0 Å². The van der Waals surface area contributed by atoms with Crippen LogP contribution in [0.2, 0.25) is 0 Å². The molecular weight excluding hydrogens is 390 g/mol. The van der Waals surface area contributed by atoms with Crippen LogP contribution in [0.3, 0.4) is 0 Å². The fourth-order valence-electron chi connectivity index (χ4n) is 1.99. The maximum Gasteiger partial charge on any atom is 0.337 e. The number of nitrogens with one attached hydrogen (secondary N) is 1. The number of hydrogen-bond donors (Lipinski definition) is 1. The lowest BCUT2D eigenvalue weighted by Gasteiger charge is -2.13. The molecule has 0 aromatic heterocycles. The van der Waals surface area contributed by atoms with Crippen molar-refractivity contribution in [3.05, 3.63) is 64.1 Å². The standard InChI is InChI=1S/C18H18BrNO3S/c1-12(24-16-6-4-3-5-15(16)19)17(21)20-11-13-7-9-14(10-8-13)18(22)23-2/h3-10,12H,11H2,1-2H3,(H,20,21). The van der Waals surface area contributed by atoms with Crippen LogP contribution in [0, 0.1) is 0 Å². The molecule has 1 unspecified atom stereocenters. The van der Waals surface area contributed by atoms with Crippen molar-refractivity contribution < 1.29 is 14.3 Å². The van der Waals surface area contributed by atoms with Gasteiger partial charge in [0.25, 0.3) is 0 Å². The van der Waals surface area contributed by atoms with Crippen molar-refractivity contribution in [1.82, 2.24) is 5.32 Å². The fraction of sp³-hybridized carbons (Fsp3) is 0.222. The SMILES string of the molecule is COC(=O)c1ccc(CNC(=O)C(C)Sc2ccccc2Br)cc1. The average Bonchev–Trinajstić information content (AvgIpc) is 2.61. The molecule has 1 atom stereocenters. The van der Waals surface area contributed by atoms with Crippen LogP contribution in [0.5, 0.6) is 0 Å². The van der Waals surface area contributed by atoms with Gasteiger partial charge >= 0.3 is 5.97 Å². The molecule has 2 aromatic rings. The van der Waals surface area contributed by atoms with Crippen molar-refractivity contribution in [2.24, 2.45) is 0 Å². The second-order valence-electron chi connectivity index (χ2n) is 5.10. The molecule has 2 aromatic carbocycles. The van der Waals surface area contributed by atoms with Crippen LogP contribution in [0.25, 0.3) is 0 Å². The lowest BCUT2D eigenvalue weighted by atomic mass is 10.1. The molecule has 126 valence electrons. The molecule has 0 aliphatic rings. The summed E-state index contributed by atoms with van der Waals surface area (Å²) in [6, 6.07) is 14.8. The third kappa shape index (κ3) is 5.11. The molecule has 0 fully saturated rings. The summed E-state index contributed by atoms with van der Waals surface area (Å²) in [5.41, 5.74) is 1.42. The Kier molecular flexibility index (Phi) is 6.87. The Morgan fingerprint density at radius 2 is 1.83 bits per heavy atom. The van der Waals surface area contributed by atoms with Crippen molar-refractivity contribution >= 4 is 39.6 Å². The van der Waals surface area contributed by atoms with Gasteiger partial charge in [-0.2, -0.15) is 0 Å². The highest BCUT2D eigenvalue weighted by Gasteiger charge is 2.15. The van der Waals surface area contributed by atoms with Crippen LogP contribution in [-0.4, -0.2) is 24.2 Å². The van der Waals surface area contributed by atoms with Crippen molar-refractivity contribution in [2.75, 3.05) is 7.11 Å². The molecule has 0 radical (unpaired) electrons. The number of carbonyl (C=O) groups excluding carboxylic acids is 2. The molecule has 24 heavy (non-hydrogen) atoms. The number of thioether (sulfide) groups is 1. The molecule has 0 saturated heterocycles. The number of methoxy groups -OCH3 is 1. The Labute approximate surface area is 154 Å². The fourth-order valence-corrected chi connectivity index (χ4v) is 3.47. The quantitative estimate of drug-likeness (QED) is 0.579. The molecule has 0 saturated carbocycles. The normalized spacial score (nSPS) is 11.6. The number of rotatable bonds is 6. The topological polar surface area (TPSA) is 55.4 Å². The predicted octanol–water partition coefficient (Wildman–Crippen LogP) is 4.03. The van der Waals surface area contributed by atoms with Crippen LogP contribution in [-0.2, 0) is 16.1 Å². The van der Waals surface area contributed by atoms with Gasteiger partial charge in [-0.1, -0.05) is 24.3 Å². The van der Waals surface area contributed by atoms with E-state index in [4.69, 9.17) is 0 Å². The van der Waals surface area contributed by atoms with E-state index in [1.54, 1.807) is 24.3 Å². The molecule has 1 amide bonds. The van der Waals surface area contributed by atoms with Crippen LogP contribution >= 0.6 is 27.7 Å². The zero-order valence-corrected chi connectivity index (χ0v) is 15.8. The van der Waals surface area contributed by atoms with E-state index < -0.39 is 0 Å². The van der Waals surface area contributed by atoms with Gasteiger partial charge < -0.3 is 10.1 Å². The first-order chi connectivity index (χ1) is 11.5. The molecule has 0 heterocycles. The van der Waals surface area contributed by atoms with Gasteiger partial charge in [-0.05, 0) is 52.7 Å². The largest absolute Gasteiger partial charge is 0.465 e. The van der Waals surface area contributed by atoms with Gasteiger partial charge in [-0.3, -0.25) is 4.79 Å². The van der Waals surface area contributed by atoms with Crippen LogP contribution in [0.1, 0.15) is 22.8 Å². The zero-order valence-electron chi connectivity index (χ0n) is 13.4. The maximum atomic E-state index is 12.2. The van der Waals surface area contributed by atoms with Gasteiger partial charge in [0, 0.05) is 15.9 Å². The lowest BCUT2D eigenvalue weighted by molar-refractivity contribution is -0.120. The second-order valence-corrected chi connectivity index (χ2v) is 7.33. The van der Waals surface area contributed by atoms with E-state index in [1.165, 1.54) is 18.9 Å². The van der Waals surface area contributed by atoms with E-state index in [0.29, 0.717) is 12.1 Å². The number of carbonyl (C=O) groups is 2. The summed E-state index contributed by atoms with van der Waals surface area (Å²) in [4.78, 5) is 24.6. The molecule has 6 heteroatoms. The van der Waals surface area contributed by atoms with E-state index in [-0.39, 0.29) is 17.1 Å². The smallest absolute Gasteiger partial charge is 0.337 e. The van der Waals surface area contributed by atoms with E-state index in [9.17, 15) is 9.59 Å². The number of benzene rings is 2. The number of halogens is 1. The minimum atomic E-state index is -0.371. The minimum absolute atomic E-state index is 0.0344. The van der Waals surface area contributed by atoms with Crippen LogP contribution < -0.4 is 5.32 Å². The zero-order chi connectivity index (χ0) is 17.5. The number of ether oxygens (including phenoxy) is 1. The Bertz CT molecular complexity index is 718. The third-order valence-electron chi connectivity index (χ3n) is 3.35. The predicted molar refractivity (Wildman–Crippen MR) is 99.1 cm³/mol. The Morgan fingerprint density at radius 1 is 1.17 bits per heavy atom. The van der Waals surface area contributed by atoms with Gasteiger partial charge in [0.15, 0.2) is 0 Å². The van der Waals surface area contributed by atoms with E-state index in [0.717, 1.165) is 14.9 Å². The Morgan fingerprint density at radius 3 is 2.46 bits per heavy atom. The summed E-state index contributed by atoms with van der Waals surface area (Å²) >= 11 is 4.99. The van der Waals surface area contributed by atoms with E-state index in [2.05, 4.69) is 26.0 Å². The summed E-state index contributed by atoms with van der Waals surface area (Å²) in [6.07, 6.45) is 0. The van der Waals surface area contributed by atoms with E-state index in [1.807, 2.05) is 31.2 Å². The Hall–Kier alpha value is -1.79. The monoisotopic (exact) mass is 407 g/mol. The van der Waals surface area contributed by atoms with Crippen LogP contribution in [0.4, 0.5) is 0 Å². The molecule has 2 rings (SSSR count). The highest BCUT2D eigenvalue weighted by molar-refractivity contribution is 9.10. The summed E-state index contributed by atoms with van der Waals surface area (Å²) in [7, 11) is 1.35. The highest BCUT2D eigenvalue weighted by atomic mass is 79.9. The first-order valence-corrected chi connectivity index (χ1v) is 9.04.